The molecule has 1 aromatic rings. The lowest BCUT2D eigenvalue weighted by Gasteiger charge is -2.16. The van der Waals surface area contributed by atoms with E-state index < -0.39 is 5.83 Å². The third-order valence-electron chi connectivity index (χ3n) is 3.84. The highest BCUT2D eigenvalue weighted by atomic mass is 19.1. The highest BCUT2D eigenvalue weighted by Crippen LogP contribution is 2.32. The minimum Gasteiger partial charge on any atom is -0.298 e. The number of rotatable bonds is 5. The first-order chi connectivity index (χ1) is 10.6. The molecule has 2 atom stereocenters. The van der Waals surface area contributed by atoms with E-state index in [1.165, 1.54) is 11.6 Å². The number of benzene rings is 1. The second kappa shape index (κ2) is 9.37. The van der Waals surface area contributed by atoms with Crippen LogP contribution in [0.4, 0.5) is 4.39 Å². The van der Waals surface area contributed by atoms with Crippen molar-refractivity contribution in [3.8, 4) is 0 Å². The van der Waals surface area contributed by atoms with Crippen molar-refractivity contribution < 1.29 is 4.39 Å². The molecule has 0 spiro atoms. The summed E-state index contributed by atoms with van der Waals surface area (Å²) >= 11 is 0. The van der Waals surface area contributed by atoms with E-state index in [1.54, 1.807) is 6.08 Å². The Morgan fingerprint density at radius 1 is 1.18 bits per heavy atom. The van der Waals surface area contributed by atoms with Gasteiger partial charge in [0.1, 0.15) is 5.83 Å². The Morgan fingerprint density at radius 2 is 1.82 bits per heavy atom. The van der Waals surface area contributed by atoms with Crippen LogP contribution in [-0.4, -0.2) is 24.5 Å². The first-order valence-corrected chi connectivity index (χ1v) is 8.04. The fourth-order valence-electron chi connectivity index (χ4n) is 2.88. The molecule has 1 fully saturated rings. The lowest BCUT2D eigenvalue weighted by molar-refractivity contribution is 0.357. The molecule has 2 rings (SSSR count). The van der Waals surface area contributed by atoms with Crippen LogP contribution in [0.5, 0.6) is 0 Å². The summed E-state index contributed by atoms with van der Waals surface area (Å²) < 4.78 is 12.6. The van der Waals surface area contributed by atoms with E-state index in [-0.39, 0.29) is 0 Å². The normalized spacial score (nSPS) is 21.5. The minimum atomic E-state index is -0.428. The molecule has 1 saturated heterocycles. The molecule has 0 radical (unpaired) electrons. The third-order valence-corrected chi connectivity index (χ3v) is 3.84. The van der Waals surface area contributed by atoms with Crippen LogP contribution in [0.1, 0.15) is 32.3 Å². The van der Waals surface area contributed by atoms with Gasteiger partial charge in [0.2, 0.25) is 0 Å². The molecule has 0 bridgehead atoms. The molecule has 1 nitrogen and oxygen atoms in total. The second-order valence-corrected chi connectivity index (χ2v) is 5.63. The molecule has 120 valence electrons. The Balaban J connectivity index is 0.00000116. The van der Waals surface area contributed by atoms with Gasteiger partial charge in [-0.05, 0) is 23.1 Å². The molecule has 22 heavy (non-hydrogen) atoms. The first kappa shape index (κ1) is 18.4. The number of allylic oxidation sites excluding steroid dienone is 2. The largest absolute Gasteiger partial charge is 0.298 e. The molecule has 0 N–H and O–H groups in total. The minimum absolute atomic E-state index is 0.428. The lowest BCUT2D eigenvalue weighted by Crippen LogP contribution is -2.22. The van der Waals surface area contributed by atoms with E-state index in [4.69, 9.17) is 0 Å². The molecule has 0 aromatic heterocycles. The summed E-state index contributed by atoms with van der Waals surface area (Å²) in [7, 11) is 0. The Bertz CT molecular complexity index is 504. The van der Waals surface area contributed by atoms with Gasteiger partial charge in [-0.2, -0.15) is 0 Å². The predicted molar refractivity (Wildman–Crippen MR) is 94.7 cm³/mol. The summed E-state index contributed by atoms with van der Waals surface area (Å²) in [6.45, 7) is 16.4. The van der Waals surface area contributed by atoms with Gasteiger partial charge in [0.05, 0.1) is 0 Å². The van der Waals surface area contributed by atoms with Gasteiger partial charge in [-0.15, -0.1) is 0 Å². The Hall–Kier alpha value is -1.67. The van der Waals surface area contributed by atoms with Gasteiger partial charge in [-0.1, -0.05) is 70.3 Å². The van der Waals surface area contributed by atoms with Crippen molar-refractivity contribution in [2.75, 3.05) is 19.6 Å². The molecule has 0 unspecified atom stereocenters. The zero-order valence-electron chi connectivity index (χ0n) is 14.1. The zero-order valence-corrected chi connectivity index (χ0v) is 14.1. The fourth-order valence-corrected chi connectivity index (χ4v) is 2.88. The van der Waals surface area contributed by atoms with Crippen LogP contribution in [0.15, 0.2) is 67.0 Å². The summed E-state index contributed by atoms with van der Waals surface area (Å²) in [5.74, 6) is 0.776. The SMILES string of the molecule is C=C(F)/C=C\C(=C)CN1C[C@H](c2ccccc2)[C@@H](C)C1.CC. The average molecular weight is 301 g/mol. The van der Waals surface area contributed by atoms with Crippen molar-refractivity contribution in [2.24, 2.45) is 5.92 Å². The third kappa shape index (κ3) is 5.61. The van der Waals surface area contributed by atoms with Gasteiger partial charge in [0.25, 0.3) is 0 Å². The highest BCUT2D eigenvalue weighted by molar-refractivity contribution is 5.25. The van der Waals surface area contributed by atoms with Crippen LogP contribution in [0.3, 0.4) is 0 Å². The maximum atomic E-state index is 12.6. The van der Waals surface area contributed by atoms with Gasteiger partial charge in [-0.25, -0.2) is 4.39 Å². The first-order valence-electron chi connectivity index (χ1n) is 8.04. The Morgan fingerprint density at radius 3 is 2.41 bits per heavy atom. The highest BCUT2D eigenvalue weighted by Gasteiger charge is 2.30. The van der Waals surface area contributed by atoms with Crippen LogP contribution in [0.2, 0.25) is 0 Å². The number of hydrogen-bond donors (Lipinski definition) is 0. The maximum absolute atomic E-state index is 12.6. The number of likely N-dealkylation sites (tertiary alicyclic amines) is 1. The van der Waals surface area contributed by atoms with Gasteiger partial charge < -0.3 is 0 Å². The molecule has 0 amide bonds. The molecular weight excluding hydrogens is 273 g/mol. The summed E-state index contributed by atoms with van der Waals surface area (Å²) in [5, 5.41) is 0. The molecule has 0 saturated carbocycles. The van der Waals surface area contributed by atoms with E-state index >= 15 is 0 Å². The average Bonchev–Trinajstić information content (AvgIpc) is 2.88. The van der Waals surface area contributed by atoms with Crippen molar-refractivity contribution >= 4 is 0 Å². The van der Waals surface area contributed by atoms with Gasteiger partial charge in [-0.3, -0.25) is 4.90 Å². The smallest absolute Gasteiger partial charge is 0.116 e. The predicted octanol–water partition coefficient (Wildman–Crippen LogP) is 5.34. The van der Waals surface area contributed by atoms with Crippen molar-refractivity contribution in [2.45, 2.75) is 26.7 Å². The molecule has 1 aliphatic rings. The second-order valence-electron chi connectivity index (χ2n) is 5.63. The zero-order chi connectivity index (χ0) is 16.5. The quantitative estimate of drug-likeness (QED) is 0.663. The summed E-state index contributed by atoms with van der Waals surface area (Å²) in [6.07, 6.45) is 3.08. The fraction of sp³-hybridized carbons (Fsp3) is 0.400. The van der Waals surface area contributed by atoms with E-state index in [2.05, 4.69) is 55.3 Å². The maximum Gasteiger partial charge on any atom is 0.116 e. The summed E-state index contributed by atoms with van der Waals surface area (Å²) in [4.78, 5) is 2.38. The van der Waals surface area contributed by atoms with Crippen molar-refractivity contribution in [1.29, 1.82) is 0 Å². The van der Waals surface area contributed by atoms with Crippen LogP contribution >= 0.6 is 0 Å². The van der Waals surface area contributed by atoms with E-state index in [9.17, 15) is 4.39 Å². The topological polar surface area (TPSA) is 3.24 Å². The van der Waals surface area contributed by atoms with Gasteiger partial charge in [0.15, 0.2) is 0 Å². The number of hydrogen-bond acceptors (Lipinski definition) is 1. The molecule has 2 heteroatoms. The Kier molecular flexibility index (Phi) is 7.83. The Labute approximate surface area is 134 Å². The van der Waals surface area contributed by atoms with Crippen molar-refractivity contribution in [1.82, 2.24) is 4.90 Å². The monoisotopic (exact) mass is 301 g/mol. The van der Waals surface area contributed by atoms with E-state index in [1.807, 2.05) is 13.8 Å². The molecule has 0 aliphatic carbocycles. The molecular formula is C20H28FN. The standard InChI is InChI=1S/C18H22FN.C2H6/c1-14(9-10-16(3)19)11-20-12-15(2)18(13-20)17-7-5-4-6-8-17;1-2/h4-10,15,18H,1,3,11-13H2,2H3;1-2H3/b10-9-;/t15-,18-;/m0./s1. The molecule has 1 heterocycles. The van der Waals surface area contributed by atoms with Crippen LogP contribution in [0, 0.1) is 5.92 Å². The van der Waals surface area contributed by atoms with E-state index in [0.29, 0.717) is 11.8 Å². The van der Waals surface area contributed by atoms with Gasteiger partial charge in [0, 0.05) is 25.6 Å². The lowest BCUT2D eigenvalue weighted by atomic mass is 9.90. The van der Waals surface area contributed by atoms with Crippen LogP contribution in [0.25, 0.3) is 0 Å². The van der Waals surface area contributed by atoms with Gasteiger partial charge >= 0.3 is 0 Å². The van der Waals surface area contributed by atoms with Crippen LogP contribution in [-0.2, 0) is 0 Å². The summed E-state index contributed by atoms with van der Waals surface area (Å²) in [6, 6.07) is 10.6. The molecule has 1 aromatic carbocycles. The van der Waals surface area contributed by atoms with Crippen molar-refractivity contribution in [3.63, 3.8) is 0 Å². The summed E-state index contributed by atoms with van der Waals surface area (Å²) in [5.41, 5.74) is 2.32. The van der Waals surface area contributed by atoms with Crippen LogP contribution < -0.4 is 0 Å². The van der Waals surface area contributed by atoms with Crippen molar-refractivity contribution in [3.05, 3.63) is 72.6 Å². The number of nitrogens with zero attached hydrogens (tertiary/aromatic N) is 1. The van der Waals surface area contributed by atoms with E-state index in [0.717, 1.165) is 25.2 Å². The number of halogens is 1. The molecule has 1 aliphatic heterocycles.